The van der Waals surface area contributed by atoms with E-state index in [4.69, 9.17) is 4.98 Å². The molecule has 0 aliphatic heterocycles. The molecule has 2 heterocycles. The Labute approximate surface area is 118 Å². The molecular weight excluding hydrogens is 256 g/mol. The predicted octanol–water partition coefficient (Wildman–Crippen LogP) is 2.71. The maximum absolute atomic E-state index is 4.72. The minimum Gasteiger partial charge on any atom is -0.316 e. The van der Waals surface area contributed by atoms with Gasteiger partial charge in [-0.2, -0.15) is 5.10 Å². The SMILES string of the molecule is CNCc1cnn(Cc2nc(C(C)(C)C)cs2)c1C. The molecule has 0 aliphatic rings. The smallest absolute Gasteiger partial charge is 0.114 e. The highest BCUT2D eigenvalue weighted by molar-refractivity contribution is 7.09. The predicted molar refractivity (Wildman–Crippen MR) is 79.6 cm³/mol. The normalized spacial score (nSPS) is 12.1. The molecule has 0 aromatic carbocycles. The van der Waals surface area contributed by atoms with Crippen molar-refractivity contribution in [1.82, 2.24) is 20.1 Å². The van der Waals surface area contributed by atoms with Gasteiger partial charge in [0.25, 0.3) is 0 Å². The maximum atomic E-state index is 4.72. The summed E-state index contributed by atoms with van der Waals surface area (Å²) in [4.78, 5) is 4.72. The molecule has 0 radical (unpaired) electrons. The van der Waals surface area contributed by atoms with Gasteiger partial charge in [-0.15, -0.1) is 11.3 Å². The van der Waals surface area contributed by atoms with Crippen LogP contribution in [0.2, 0.25) is 0 Å². The van der Waals surface area contributed by atoms with Crippen LogP contribution < -0.4 is 5.32 Å². The summed E-state index contributed by atoms with van der Waals surface area (Å²) in [6, 6.07) is 0. The summed E-state index contributed by atoms with van der Waals surface area (Å²) in [5.74, 6) is 0. The molecule has 2 aromatic rings. The lowest BCUT2D eigenvalue weighted by atomic mass is 9.93. The molecule has 0 aliphatic carbocycles. The fourth-order valence-corrected chi connectivity index (χ4v) is 2.87. The van der Waals surface area contributed by atoms with Crippen LogP contribution in [0.3, 0.4) is 0 Å². The molecule has 19 heavy (non-hydrogen) atoms. The van der Waals surface area contributed by atoms with Gasteiger partial charge < -0.3 is 5.32 Å². The van der Waals surface area contributed by atoms with E-state index in [1.54, 1.807) is 11.3 Å². The summed E-state index contributed by atoms with van der Waals surface area (Å²) in [5.41, 5.74) is 3.73. The molecule has 0 saturated heterocycles. The van der Waals surface area contributed by atoms with Crippen LogP contribution in [0.4, 0.5) is 0 Å². The van der Waals surface area contributed by atoms with Crippen molar-refractivity contribution in [3.05, 3.63) is 33.5 Å². The molecule has 4 nitrogen and oxygen atoms in total. The van der Waals surface area contributed by atoms with E-state index in [0.717, 1.165) is 23.8 Å². The van der Waals surface area contributed by atoms with Gasteiger partial charge in [-0.25, -0.2) is 4.98 Å². The highest BCUT2D eigenvalue weighted by Crippen LogP contribution is 2.24. The molecule has 0 unspecified atom stereocenters. The number of hydrogen-bond acceptors (Lipinski definition) is 4. The van der Waals surface area contributed by atoms with Gasteiger partial charge in [-0.3, -0.25) is 4.68 Å². The van der Waals surface area contributed by atoms with Crippen LogP contribution in [0.15, 0.2) is 11.6 Å². The largest absolute Gasteiger partial charge is 0.316 e. The summed E-state index contributed by atoms with van der Waals surface area (Å²) >= 11 is 1.71. The van der Waals surface area contributed by atoms with Crippen LogP contribution in [0.5, 0.6) is 0 Å². The topological polar surface area (TPSA) is 42.7 Å². The van der Waals surface area contributed by atoms with Crippen LogP contribution >= 0.6 is 11.3 Å². The number of hydrogen-bond donors (Lipinski definition) is 1. The van der Waals surface area contributed by atoms with Crippen molar-refractivity contribution in [2.24, 2.45) is 0 Å². The van der Waals surface area contributed by atoms with Gasteiger partial charge in [0.1, 0.15) is 5.01 Å². The molecule has 0 saturated carbocycles. The lowest BCUT2D eigenvalue weighted by molar-refractivity contribution is 0.567. The van der Waals surface area contributed by atoms with Crippen molar-refractivity contribution in [2.45, 2.75) is 46.2 Å². The number of aromatic nitrogens is 3. The fraction of sp³-hybridized carbons (Fsp3) is 0.571. The van der Waals surface area contributed by atoms with Gasteiger partial charge in [-0.1, -0.05) is 20.8 Å². The molecule has 0 atom stereocenters. The van der Waals surface area contributed by atoms with Crippen LogP contribution in [0, 0.1) is 6.92 Å². The van der Waals surface area contributed by atoms with Gasteiger partial charge in [0, 0.05) is 28.6 Å². The van der Waals surface area contributed by atoms with E-state index in [9.17, 15) is 0 Å². The molecule has 5 heteroatoms. The zero-order valence-corrected chi connectivity index (χ0v) is 13.1. The van der Waals surface area contributed by atoms with Gasteiger partial charge in [0.05, 0.1) is 18.4 Å². The Kier molecular flexibility index (Phi) is 4.06. The molecule has 2 rings (SSSR count). The number of nitrogens with zero attached hydrogens (tertiary/aromatic N) is 3. The first-order valence-electron chi connectivity index (χ1n) is 6.52. The van der Waals surface area contributed by atoms with Crippen LogP contribution in [0.25, 0.3) is 0 Å². The van der Waals surface area contributed by atoms with E-state index in [1.807, 2.05) is 17.9 Å². The van der Waals surface area contributed by atoms with Crippen molar-refractivity contribution in [1.29, 1.82) is 0 Å². The van der Waals surface area contributed by atoms with Crippen LogP contribution in [-0.4, -0.2) is 21.8 Å². The number of rotatable bonds is 4. The van der Waals surface area contributed by atoms with Gasteiger partial charge in [-0.05, 0) is 14.0 Å². The maximum Gasteiger partial charge on any atom is 0.114 e. The molecule has 0 spiro atoms. The van der Waals surface area contributed by atoms with Crippen molar-refractivity contribution < 1.29 is 0 Å². The highest BCUT2D eigenvalue weighted by atomic mass is 32.1. The summed E-state index contributed by atoms with van der Waals surface area (Å²) in [7, 11) is 1.95. The summed E-state index contributed by atoms with van der Waals surface area (Å²) in [6.45, 7) is 10.3. The first kappa shape index (κ1) is 14.2. The van der Waals surface area contributed by atoms with E-state index in [2.05, 4.69) is 43.5 Å². The van der Waals surface area contributed by atoms with E-state index >= 15 is 0 Å². The Bertz CT molecular complexity index is 548. The Morgan fingerprint density at radius 1 is 1.37 bits per heavy atom. The average molecular weight is 278 g/mol. The second kappa shape index (κ2) is 5.43. The number of thiazole rings is 1. The third-order valence-corrected chi connectivity index (χ3v) is 4.01. The zero-order valence-electron chi connectivity index (χ0n) is 12.3. The van der Waals surface area contributed by atoms with E-state index < -0.39 is 0 Å². The Morgan fingerprint density at radius 2 is 2.11 bits per heavy atom. The van der Waals surface area contributed by atoms with Crippen molar-refractivity contribution >= 4 is 11.3 Å². The molecule has 1 N–H and O–H groups in total. The van der Waals surface area contributed by atoms with Gasteiger partial charge in [0.15, 0.2) is 0 Å². The minimum absolute atomic E-state index is 0.116. The Morgan fingerprint density at radius 3 is 2.68 bits per heavy atom. The second-order valence-corrected chi connectivity index (χ2v) is 6.76. The van der Waals surface area contributed by atoms with E-state index in [0.29, 0.717) is 0 Å². The minimum atomic E-state index is 0.116. The van der Waals surface area contributed by atoms with Crippen molar-refractivity contribution in [3.8, 4) is 0 Å². The number of nitrogens with one attached hydrogen (secondary N) is 1. The summed E-state index contributed by atoms with van der Waals surface area (Å²) in [6.07, 6.45) is 1.93. The third kappa shape index (κ3) is 3.22. The molecule has 2 aromatic heterocycles. The third-order valence-electron chi connectivity index (χ3n) is 3.18. The molecule has 0 fully saturated rings. The quantitative estimate of drug-likeness (QED) is 0.935. The highest BCUT2D eigenvalue weighted by Gasteiger charge is 2.18. The van der Waals surface area contributed by atoms with Gasteiger partial charge in [0.2, 0.25) is 0 Å². The van der Waals surface area contributed by atoms with Crippen molar-refractivity contribution in [3.63, 3.8) is 0 Å². The van der Waals surface area contributed by atoms with E-state index in [1.165, 1.54) is 11.3 Å². The summed E-state index contributed by atoms with van der Waals surface area (Å²) in [5, 5.41) is 10.9. The van der Waals surface area contributed by atoms with E-state index in [-0.39, 0.29) is 5.41 Å². The summed E-state index contributed by atoms with van der Waals surface area (Å²) < 4.78 is 2.03. The zero-order chi connectivity index (χ0) is 14.0. The van der Waals surface area contributed by atoms with Crippen LogP contribution in [-0.2, 0) is 18.5 Å². The van der Waals surface area contributed by atoms with Crippen molar-refractivity contribution in [2.75, 3.05) is 7.05 Å². The Balaban J connectivity index is 2.15. The first-order chi connectivity index (χ1) is 8.91. The molecule has 0 bridgehead atoms. The molecule has 0 amide bonds. The lowest BCUT2D eigenvalue weighted by Gasteiger charge is -2.14. The first-order valence-corrected chi connectivity index (χ1v) is 7.40. The standard InChI is InChI=1S/C14H22N4S/c1-10-11(6-15-5)7-16-18(10)8-13-17-12(9-19-13)14(2,3)4/h7,9,15H,6,8H2,1-5H3. The van der Waals surface area contributed by atoms with Crippen LogP contribution in [0.1, 0.15) is 42.7 Å². The van der Waals surface area contributed by atoms with Gasteiger partial charge >= 0.3 is 0 Å². The monoisotopic (exact) mass is 278 g/mol. The molecular formula is C14H22N4S. The molecule has 104 valence electrons. The second-order valence-electron chi connectivity index (χ2n) is 5.82. The fourth-order valence-electron chi connectivity index (χ4n) is 1.86. The lowest BCUT2D eigenvalue weighted by Crippen LogP contribution is -2.12. The Hall–Kier alpha value is -1.20. The average Bonchev–Trinajstić information content (AvgIpc) is 2.91.